The summed E-state index contributed by atoms with van der Waals surface area (Å²) in [5, 5.41) is 0. The van der Waals surface area contributed by atoms with E-state index in [1.807, 2.05) is 0 Å². The fraction of sp³-hybridized carbons (Fsp3) is 0.648. The summed E-state index contributed by atoms with van der Waals surface area (Å²) in [6.45, 7) is 6.38. The average Bonchev–Trinajstić information content (AvgIpc) is 3.43. The molecule has 0 aliphatic carbocycles. The van der Waals surface area contributed by atoms with Crippen molar-refractivity contribution >= 4 is 17.9 Å². The van der Waals surface area contributed by atoms with E-state index in [1.54, 1.807) is 0 Å². The van der Waals surface area contributed by atoms with E-state index in [-0.39, 0.29) is 31.1 Å². The van der Waals surface area contributed by atoms with Crippen molar-refractivity contribution in [2.75, 3.05) is 13.2 Å². The van der Waals surface area contributed by atoms with Gasteiger partial charge in [-0.3, -0.25) is 14.4 Å². The molecule has 0 amide bonds. The van der Waals surface area contributed by atoms with Gasteiger partial charge in [0.25, 0.3) is 0 Å². The van der Waals surface area contributed by atoms with E-state index >= 15 is 0 Å². The maximum atomic E-state index is 12.9. The van der Waals surface area contributed by atoms with Crippen LogP contribution in [-0.4, -0.2) is 37.2 Å². The second-order valence-electron chi connectivity index (χ2n) is 20.5. The zero-order valence-corrected chi connectivity index (χ0v) is 49.9. The molecule has 6 nitrogen and oxygen atoms in total. The van der Waals surface area contributed by atoms with Gasteiger partial charge in [-0.15, -0.1) is 0 Å². The van der Waals surface area contributed by atoms with Gasteiger partial charge in [0.2, 0.25) is 0 Å². The molecule has 1 unspecified atom stereocenters. The number of carbonyl (C=O) groups is 3. The van der Waals surface area contributed by atoms with Gasteiger partial charge in [-0.05, 0) is 135 Å². The van der Waals surface area contributed by atoms with E-state index in [0.29, 0.717) is 19.3 Å². The molecule has 0 bridgehead atoms. The Bertz CT molecular complexity index is 1650. The molecule has 1 atom stereocenters. The van der Waals surface area contributed by atoms with E-state index in [9.17, 15) is 14.4 Å². The first-order chi connectivity index (χ1) is 38.0. The summed E-state index contributed by atoms with van der Waals surface area (Å²) in [7, 11) is 0. The Labute approximate surface area is 475 Å². The fourth-order valence-corrected chi connectivity index (χ4v) is 8.43. The predicted octanol–water partition coefficient (Wildman–Crippen LogP) is 21.8. The van der Waals surface area contributed by atoms with Crippen molar-refractivity contribution in [3.8, 4) is 0 Å². The maximum absolute atomic E-state index is 12.9. The first-order valence-corrected chi connectivity index (χ1v) is 31.7. The summed E-state index contributed by atoms with van der Waals surface area (Å²) < 4.78 is 16.9. The summed E-state index contributed by atoms with van der Waals surface area (Å²) in [4.78, 5) is 38.4. The number of carbonyl (C=O) groups excluding carboxylic acids is 3. The summed E-state index contributed by atoms with van der Waals surface area (Å²) in [5.74, 6) is -0.937. The summed E-state index contributed by atoms with van der Waals surface area (Å²) in [6.07, 6.45) is 90.1. The Balaban J connectivity index is 4.49. The fourth-order valence-electron chi connectivity index (χ4n) is 8.43. The summed E-state index contributed by atoms with van der Waals surface area (Å²) >= 11 is 0. The molecule has 0 rings (SSSR count). The molecular formula is C71H116O6. The third-order valence-corrected chi connectivity index (χ3v) is 13.1. The minimum atomic E-state index is -0.805. The standard InChI is InChI=1S/C71H116O6/c1-4-7-10-13-16-19-22-25-28-31-34-35-38-40-43-46-49-52-55-58-61-64-70(73)76-67-68(77-71(74)65-62-59-56-53-50-47-44-41-37-33-30-27-24-21-18-15-12-9-6-3)66-75-69(72)63-60-57-54-51-48-45-42-39-36-32-29-26-23-20-17-14-11-8-5-2/h8-9,11-12,17-18,20-22,25-27,29-31,34,36-41,68H,4-7,10,13-16,19,23-24,28,32-33,35,42-67H2,1-3H3/b11-8-,12-9-,20-17-,21-18-,25-22-,29-26-,30-27-,34-31-,39-36-,40-38-,41-37-. The molecule has 0 fully saturated rings. The lowest BCUT2D eigenvalue weighted by atomic mass is 10.1. The Kier molecular flexibility index (Phi) is 60.4. The quantitative estimate of drug-likeness (QED) is 0.0261. The highest BCUT2D eigenvalue weighted by molar-refractivity contribution is 5.71. The van der Waals surface area contributed by atoms with Crippen LogP contribution in [0.1, 0.15) is 278 Å². The molecular weight excluding hydrogens is 949 g/mol. The highest BCUT2D eigenvalue weighted by atomic mass is 16.6. The van der Waals surface area contributed by atoms with E-state index in [2.05, 4.69) is 154 Å². The molecule has 0 aromatic rings. The number of unbranched alkanes of at least 4 members (excludes halogenated alkanes) is 23. The smallest absolute Gasteiger partial charge is 0.306 e. The summed E-state index contributed by atoms with van der Waals surface area (Å²) in [6, 6.07) is 0. The highest BCUT2D eigenvalue weighted by Gasteiger charge is 2.19. The number of hydrogen-bond acceptors (Lipinski definition) is 6. The van der Waals surface area contributed by atoms with Crippen molar-refractivity contribution in [2.24, 2.45) is 0 Å². The van der Waals surface area contributed by atoms with Crippen molar-refractivity contribution in [3.05, 3.63) is 134 Å². The van der Waals surface area contributed by atoms with Crippen LogP contribution in [0.2, 0.25) is 0 Å². The third-order valence-electron chi connectivity index (χ3n) is 13.1. The number of allylic oxidation sites excluding steroid dienone is 22. The molecule has 436 valence electrons. The molecule has 0 saturated heterocycles. The Morgan fingerprint density at radius 2 is 0.506 bits per heavy atom. The van der Waals surface area contributed by atoms with Crippen LogP contribution in [-0.2, 0) is 28.6 Å². The van der Waals surface area contributed by atoms with Crippen molar-refractivity contribution in [1.82, 2.24) is 0 Å². The zero-order chi connectivity index (χ0) is 55.7. The van der Waals surface area contributed by atoms with E-state index in [4.69, 9.17) is 14.2 Å². The topological polar surface area (TPSA) is 78.9 Å². The van der Waals surface area contributed by atoms with Gasteiger partial charge in [0.1, 0.15) is 13.2 Å². The number of esters is 3. The SMILES string of the molecule is CC/C=C\C/C=C\C/C=C\C/C=C\CCCCCCCCC(=O)OCC(COC(=O)CCCCCCCC/C=C\C/C=C\C/C=C\CCCCCCC)OC(=O)CCCCCCCC/C=C\C/C=C\C/C=C\C/C=C\CC. The Morgan fingerprint density at radius 1 is 0.273 bits per heavy atom. The molecule has 0 aromatic heterocycles. The van der Waals surface area contributed by atoms with Crippen molar-refractivity contribution < 1.29 is 28.6 Å². The van der Waals surface area contributed by atoms with Crippen molar-refractivity contribution in [1.29, 1.82) is 0 Å². The molecule has 0 N–H and O–H groups in total. The molecule has 77 heavy (non-hydrogen) atoms. The Hall–Kier alpha value is -4.45. The van der Waals surface area contributed by atoms with Crippen LogP contribution in [0.25, 0.3) is 0 Å². The lowest BCUT2D eigenvalue weighted by Gasteiger charge is -2.18. The van der Waals surface area contributed by atoms with Gasteiger partial charge in [0.05, 0.1) is 0 Å². The van der Waals surface area contributed by atoms with Crippen LogP contribution in [0, 0.1) is 0 Å². The molecule has 6 heteroatoms. The van der Waals surface area contributed by atoms with Crippen molar-refractivity contribution in [3.63, 3.8) is 0 Å². The molecule has 0 spiro atoms. The second-order valence-corrected chi connectivity index (χ2v) is 20.5. The predicted molar refractivity (Wildman–Crippen MR) is 334 cm³/mol. The molecule has 0 aliphatic rings. The van der Waals surface area contributed by atoms with Gasteiger partial charge in [0.15, 0.2) is 6.10 Å². The lowest BCUT2D eigenvalue weighted by Crippen LogP contribution is -2.30. The van der Waals surface area contributed by atoms with Gasteiger partial charge in [0, 0.05) is 19.3 Å². The molecule has 0 aliphatic heterocycles. The third kappa shape index (κ3) is 62.3. The second kappa shape index (κ2) is 64.1. The highest BCUT2D eigenvalue weighted by Crippen LogP contribution is 2.14. The van der Waals surface area contributed by atoms with Crippen LogP contribution in [0.3, 0.4) is 0 Å². The van der Waals surface area contributed by atoms with Crippen molar-refractivity contribution in [2.45, 2.75) is 284 Å². The Morgan fingerprint density at radius 3 is 0.792 bits per heavy atom. The zero-order valence-electron chi connectivity index (χ0n) is 49.9. The van der Waals surface area contributed by atoms with Gasteiger partial charge in [-0.2, -0.15) is 0 Å². The normalized spacial score (nSPS) is 13.0. The number of rotatable bonds is 56. The maximum Gasteiger partial charge on any atom is 0.306 e. The van der Waals surface area contributed by atoms with Gasteiger partial charge < -0.3 is 14.2 Å². The number of hydrogen-bond donors (Lipinski definition) is 0. The average molecular weight is 1070 g/mol. The minimum Gasteiger partial charge on any atom is -0.462 e. The van der Waals surface area contributed by atoms with Gasteiger partial charge >= 0.3 is 17.9 Å². The largest absolute Gasteiger partial charge is 0.462 e. The van der Waals surface area contributed by atoms with Crippen LogP contribution >= 0.6 is 0 Å². The molecule has 0 radical (unpaired) electrons. The monoisotopic (exact) mass is 1060 g/mol. The summed E-state index contributed by atoms with van der Waals surface area (Å²) in [5.41, 5.74) is 0. The molecule has 0 saturated carbocycles. The number of ether oxygens (including phenoxy) is 3. The van der Waals surface area contributed by atoms with E-state index in [0.717, 1.165) is 161 Å². The van der Waals surface area contributed by atoms with E-state index in [1.165, 1.54) is 77.0 Å². The lowest BCUT2D eigenvalue weighted by molar-refractivity contribution is -0.167. The first-order valence-electron chi connectivity index (χ1n) is 31.7. The molecule has 0 aromatic carbocycles. The van der Waals surface area contributed by atoms with Gasteiger partial charge in [-0.25, -0.2) is 0 Å². The molecule has 0 heterocycles. The van der Waals surface area contributed by atoms with Crippen LogP contribution in [0.4, 0.5) is 0 Å². The van der Waals surface area contributed by atoms with Crippen LogP contribution in [0.15, 0.2) is 134 Å². The van der Waals surface area contributed by atoms with E-state index < -0.39 is 6.10 Å². The van der Waals surface area contributed by atoms with Gasteiger partial charge in [-0.1, -0.05) is 257 Å². The first kappa shape index (κ1) is 72.5. The minimum absolute atomic E-state index is 0.0995. The van der Waals surface area contributed by atoms with Crippen LogP contribution < -0.4 is 0 Å². The van der Waals surface area contributed by atoms with Crippen LogP contribution in [0.5, 0.6) is 0 Å².